The summed E-state index contributed by atoms with van der Waals surface area (Å²) >= 11 is 0. The van der Waals surface area contributed by atoms with E-state index in [0.717, 1.165) is 17.2 Å². The predicted octanol–water partition coefficient (Wildman–Crippen LogP) is 1.58. The molecule has 5 nitrogen and oxygen atoms in total. The van der Waals surface area contributed by atoms with E-state index in [-0.39, 0.29) is 5.95 Å². The van der Waals surface area contributed by atoms with E-state index in [2.05, 4.69) is 28.8 Å². The average molecular weight is 217 g/mol. The Morgan fingerprint density at radius 1 is 1.31 bits per heavy atom. The third kappa shape index (κ3) is 1.76. The Morgan fingerprint density at radius 2 is 2.06 bits per heavy atom. The van der Waals surface area contributed by atoms with Gasteiger partial charge in [0.15, 0.2) is 0 Å². The van der Waals surface area contributed by atoms with Crippen molar-refractivity contribution in [2.24, 2.45) is 7.05 Å². The third-order valence-electron chi connectivity index (χ3n) is 2.48. The molecule has 16 heavy (non-hydrogen) atoms. The van der Waals surface area contributed by atoms with Crippen LogP contribution < -0.4 is 5.73 Å². The van der Waals surface area contributed by atoms with Gasteiger partial charge >= 0.3 is 0 Å². The molecule has 2 aromatic heterocycles. The van der Waals surface area contributed by atoms with Gasteiger partial charge in [-0.1, -0.05) is 13.8 Å². The first-order chi connectivity index (χ1) is 7.59. The van der Waals surface area contributed by atoms with Crippen molar-refractivity contribution in [2.45, 2.75) is 19.8 Å². The summed E-state index contributed by atoms with van der Waals surface area (Å²) in [6.07, 6.45) is 3.47. The number of hydrogen-bond acceptors (Lipinski definition) is 4. The average Bonchev–Trinajstić information content (AvgIpc) is 2.60. The molecule has 0 saturated heterocycles. The van der Waals surface area contributed by atoms with E-state index in [9.17, 15) is 0 Å². The second-order valence-corrected chi connectivity index (χ2v) is 4.02. The van der Waals surface area contributed by atoms with Gasteiger partial charge in [-0.2, -0.15) is 0 Å². The molecular formula is C11H15N5. The maximum absolute atomic E-state index is 5.56. The number of rotatable bonds is 2. The molecule has 2 aromatic rings. The van der Waals surface area contributed by atoms with Gasteiger partial charge in [0, 0.05) is 19.2 Å². The fourth-order valence-electron chi connectivity index (χ4n) is 1.71. The summed E-state index contributed by atoms with van der Waals surface area (Å²) in [6, 6.07) is 1.83. The largest absolute Gasteiger partial charge is 0.368 e. The smallest absolute Gasteiger partial charge is 0.220 e. The van der Waals surface area contributed by atoms with Crippen LogP contribution in [0.4, 0.5) is 5.95 Å². The Morgan fingerprint density at radius 3 is 2.62 bits per heavy atom. The highest BCUT2D eigenvalue weighted by molar-refractivity contribution is 5.55. The molecule has 0 spiro atoms. The van der Waals surface area contributed by atoms with Gasteiger partial charge in [0.05, 0.1) is 17.6 Å². The molecule has 0 aliphatic carbocycles. The molecule has 84 valence electrons. The number of hydrogen-bond donors (Lipinski definition) is 1. The molecule has 0 aliphatic rings. The molecule has 2 N–H and O–H groups in total. The molecule has 0 radical (unpaired) electrons. The number of nitrogen functional groups attached to an aromatic ring is 1. The molecule has 0 aliphatic heterocycles. The van der Waals surface area contributed by atoms with Crippen molar-refractivity contribution in [1.29, 1.82) is 0 Å². The van der Waals surface area contributed by atoms with Crippen LogP contribution in [-0.4, -0.2) is 19.5 Å². The van der Waals surface area contributed by atoms with E-state index in [1.807, 2.05) is 23.9 Å². The Labute approximate surface area is 94.4 Å². The summed E-state index contributed by atoms with van der Waals surface area (Å²) in [4.78, 5) is 12.4. The van der Waals surface area contributed by atoms with Crippen molar-refractivity contribution in [3.63, 3.8) is 0 Å². The van der Waals surface area contributed by atoms with Crippen LogP contribution in [-0.2, 0) is 7.05 Å². The maximum atomic E-state index is 5.56. The molecule has 0 atom stereocenters. The van der Waals surface area contributed by atoms with Gasteiger partial charge in [-0.3, -0.25) is 0 Å². The Balaban J connectivity index is 2.49. The van der Waals surface area contributed by atoms with Crippen molar-refractivity contribution >= 4 is 5.95 Å². The van der Waals surface area contributed by atoms with Crippen LogP contribution in [0.3, 0.4) is 0 Å². The number of nitrogens with two attached hydrogens (primary N) is 1. The quantitative estimate of drug-likeness (QED) is 0.829. The predicted molar refractivity (Wildman–Crippen MR) is 62.7 cm³/mol. The van der Waals surface area contributed by atoms with Crippen LogP contribution >= 0.6 is 0 Å². The zero-order chi connectivity index (χ0) is 11.7. The second-order valence-electron chi connectivity index (χ2n) is 4.02. The lowest BCUT2D eigenvalue weighted by molar-refractivity contribution is 0.713. The Kier molecular flexibility index (Phi) is 2.60. The molecular weight excluding hydrogens is 202 g/mol. The SMILES string of the molecule is CC(C)c1ncc(-c2ccnc(N)n2)n1C. The Bertz CT molecular complexity index is 501. The molecule has 0 aromatic carbocycles. The fraction of sp³-hybridized carbons (Fsp3) is 0.364. The Hall–Kier alpha value is -1.91. The topological polar surface area (TPSA) is 69.6 Å². The first-order valence-electron chi connectivity index (χ1n) is 5.20. The molecule has 0 saturated carbocycles. The van der Waals surface area contributed by atoms with Crippen LogP contribution in [0.15, 0.2) is 18.5 Å². The molecule has 0 bridgehead atoms. The van der Waals surface area contributed by atoms with Crippen LogP contribution in [0, 0.1) is 0 Å². The first-order valence-corrected chi connectivity index (χ1v) is 5.20. The lowest BCUT2D eigenvalue weighted by Gasteiger charge is -2.07. The minimum absolute atomic E-state index is 0.282. The van der Waals surface area contributed by atoms with E-state index >= 15 is 0 Å². The van der Waals surface area contributed by atoms with E-state index in [0.29, 0.717) is 5.92 Å². The minimum atomic E-state index is 0.282. The molecule has 0 amide bonds. The third-order valence-corrected chi connectivity index (χ3v) is 2.48. The molecule has 0 unspecified atom stereocenters. The summed E-state index contributed by atoms with van der Waals surface area (Å²) < 4.78 is 2.03. The second kappa shape index (κ2) is 3.92. The van der Waals surface area contributed by atoms with Crippen LogP contribution in [0.2, 0.25) is 0 Å². The molecule has 5 heteroatoms. The van der Waals surface area contributed by atoms with Gasteiger partial charge in [-0.25, -0.2) is 15.0 Å². The standard InChI is InChI=1S/C11H15N5/c1-7(2)10-14-6-9(16(10)3)8-4-5-13-11(12)15-8/h4-7H,1-3H3,(H2,12,13,15). The highest BCUT2D eigenvalue weighted by Crippen LogP contribution is 2.21. The van der Waals surface area contributed by atoms with Crippen molar-refractivity contribution in [3.05, 3.63) is 24.3 Å². The summed E-state index contributed by atoms with van der Waals surface area (Å²) in [7, 11) is 1.98. The number of anilines is 1. The molecule has 0 fully saturated rings. The zero-order valence-electron chi connectivity index (χ0n) is 9.68. The van der Waals surface area contributed by atoms with Crippen LogP contribution in [0.1, 0.15) is 25.6 Å². The van der Waals surface area contributed by atoms with Crippen LogP contribution in [0.5, 0.6) is 0 Å². The van der Waals surface area contributed by atoms with E-state index in [1.54, 1.807) is 6.20 Å². The number of imidazole rings is 1. The lowest BCUT2D eigenvalue weighted by atomic mass is 10.2. The van der Waals surface area contributed by atoms with Gasteiger partial charge in [0.1, 0.15) is 5.82 Å². The van der Waals surface area contributed by atoms with Crippen molar-refractivity contribution in [3.8, 4) is 11.4 Å². The summed E-state index contributed by atoms with van der Waals surface area (Å²) in [6.45, 7) is 4.22. The fourth-order valence-corrected chi connectivity index (χ4v) is 1.71. The van der Waals surface area contributed by atoms with Gasteiger partial charge in [-0.05, 0) is 6.07 Å². The van der Waals surface area contributed by atoms with Crippen molar-refractivity contribution in [2.75, 3.05) is 5.73 Å². The van der Waals surface area contributed by atoms with Gasteiger partial charge in [0.2, 0.25) is 5.95 Å². The van der Waals surface area contributed by atoms with Crippen molar-refractivity contribution < 1.29 is 0 Å². The van der Waals surface area contributed by atoms with Gasteiger partial charge in [0.25, 0.3) is 0 Å². The van der Waals surface area contributed by atoms with E-state index in [4.69, 9.17) is 5.73 Å². The van der Waals surface area contributed by atoms with E-state index in [1.165, 1.54) is 0 Å². The first kappa shape index (κ1) is 10.6. The monoisotopic (exact) mass is 217 g/mol. The zero-order valence-corrected chi connectivity index (χ0v) is 9.68. The summed E-state index contributed by atoms with van der Waals surface area (Å²) in [5.41, 5.74) is 7.32. The van der Waals surface area contributed by atoms with Gasteiger partial charge < -0.3 is 10.3 Å². The minimum Gasteiger partial charge on any atom is -0.368 e. The molecule has 2 rings (SSSR count). The number of aromatic nitrogens is 4. The highest BCUT2D eigenvalue weighted by atomic mass is 15.1. The molecule has 2 heterocycles. The van der Waals surface area contributed by atoms with Crippen LogP contribution in [0.25, 0.3) is 11.4 Å². The normalized spacial score (nSPS) is 11.0. The van der Waals surface area contributed by atoms with E-state index < -0.39 is 0 Å². The summed E-state index contributed by atoms with van der Waals surface area (Å²) in [5.74, 6) is 1.70. The summed E-state index contributed by atoms with van der Waals surface area (Å²) in [5, 5.41) is 0. The highest BCUT2D eigenvalue weighted by Gasteiger charge is 2.12. The van der Waals surface area contributed by atoms with Gasteiger partial charge in [-0.15, -0.1) is 0 Å². The number of nitrogens with zero attached hydrogens (tertiary/aromatic N) is 4. The maximum Gasteiger partial charge on any atom is 0.220 e. The lowest BCUT2D eigenvalue weighted by Crippen LogP contribution is -2.03. The van der Waals surface area contributed by atoms with Crippen molar-refractivity contribution in [1.82, 2.24) is 19.5 Å².